The van der Waals surface area contributed by atoms with E-state index in [9.17, 15) is 0 Å². The van der Waals surface area contributed by atoms with Crippen molar-refractivity contribution < 1.29 is 26.2 Å². The van der Waals surface area contributed by atoms with E-state index in [1.54, 1.807) is 0 Å². The number of hydrogen-bond donors (Lipinski definition) is 0. The minimum atomic E-state index is -0.567. The van der Waals surface area contributed by atoms with Crippen LogP contribution in [0.25, 0.3) is 0 Å². The molecular weight excluding hydrogens is 531 g/mol. The van der Waals surface area contributed by atoms with E-state index >= 15 is 0 Å². The van der Waals surface area contributed by atoms with Crippen LogP contribution in [0.1, 0.15) is 51.9 Å². The van der Waals surface area contributed by atoms with E-state index in [0.717, 1.165) is 12.8 Å². The molecule has 0 nitrogen and oxygen atoms in total. The van der Waals surface area contributed by atoms with Crippen molar-refractivity contribution in [3.05, 3.63) is 148 Å². The quantitative estimate of drug-likeness (QED) is 0.187. The summed E-state index contributed by atoms with van der Waals surface area (Å²) in [5.74, 6) is 3.95. The smallest absolute Gasteiger partial charge is 0.373 e. The predicted octanol–water partition coefficient (Wildman–Crippen LogP) is 8.34. The first kappa shape index (κ1) is 31.5. The summed E-state index contributed by atoms with van der Waals surface area (Å²) >= 11 is 0. The molecule has 0 saturated heterocycles. The van der Waals surface area contributed by atoms with Crippen LogP contribution in [0.4, 0.5) is 0 Å². The zero-order chi connectivity index (χ0) is 24.4. The van der Waals surface area contributed by atoms with Gasteiger partial charge in [-0.15, -0.1) is 27.2 Å². The van der Waals surface area contributed by atoms with Crippen molar-refractivity contribution >= 4 is 18.5 Å². The second kappa shape index (κ2) is 20.2. The Bertz CT molecular complexity index is 783. The first-order chi connectivity index (χ1) is 17.4. The fraction of sp³-hybridized carbons (Fsp3) is 0.235. The van der Waals surface area contributed by atoms with Crippen molar-refractivity contribution in [1.82, 2.24) is 0 Å². The van der Waals surface area contributed by atoms with Crippen LogP contribution in [0.15, 0.2) is 71.8 Å². The van der Waals surface area contributed by atoms with Gasteiger partial charge < -0.3 is 23.0 Å². The van der Waals surface area contributed by atoms with Crippen molar-refractivity contribution in [2.24, 2.45) is 0 Å². The van der Waals surface area contributed by atoms with Crippen LogP contribution in [-0.2, 0) is 26.2 Å². The Balaban J connectivity index is 0.000000343. The molecule has 0 spiro atoms. The van der Waals surface area contributed by atoms with Gasteiger partial charge in [0.05, 0.1) is 0 Å². The molecule has 10 radical (unpaired) electrons. The van der Waals surface area contributed by atoms with Gasteiger partial charge in [-0.05, 0) is 74.8 Å². The summed E-state index contributed by atoms with van der Waals surface area (Å²) in [7, 11) is -0.567. The molecule has 5 rings (SSSR count). The Hall–Kier alpha value is -0.767. The number of unbranched alkanes of at least 4 members (excludes halogenated alkanes) is 2. The molecule has 0 atom stereocenters. The van der Waals surface area contributed by atoms with Gasteiger partial charge in [0.1, 0.15) is 0 Å². The van der Waals surface area contributed by atoms with Crippen LogP contribution in [0.2, 0.25) is 0 Å². The summed E-state index contributed by atoms with van der Waals surface area (Å²) in [4.78, 5) is 0. The molecule has 0 unspecified atom stereocenters. The van der Waals surface area contributed by atoms with Crippen molar-refractivity contribution in [2.75, 3.05) is 0 Å². The van der Waals surface area contributed by atoms with Gasteiger partial charge >= 0.3 is 26.2 Å². The Kier molecular flexibility index (Phi) is 17.7. The molecule has 36 heavy (non-hydrogen) atoms. The van der Waals surface area contributed by atoms with E-state index in [0.29, 0.717) is 0 Å². The van der Waals surface area contributed by atoms with Crippen molar-refractivity contribution in [3.63, 3.8) is 0 Å². The molecule has 0 heterocycles. The van der Waals surface area contributed by atoms with Crippen LogP contribution >= 0.6 is 7.92 Å². The number of rotatable bonds is 6. The number of hydrogen-bond acceptors (Lipinski definition) is 0. The first-order valence-corrected chi connectivity index (χ1v) is 14.2. The van der Waals surface area contributed by atoms with Gasteiger partial charge in [0.25, 0.3) is 0 Å². The topological polar surface area (TPSA) is 0 Å². The second-order valence-electron chi connectivity index (χ2n) is 8.49. The first-order valence-electron chi connectivity index (χ1n) is 12.8. The maximum Gasteiger partial charge on any atom is 4.00 e. The minimum absolute atomic E-state index is 0. The molecular formula is C34H37PZr+2. The molecule has 3 aliphatic carbocycles. The molecule has 3 aliphatic rings. The van der Waals surface area contributed by atoms with Gasteiger partial charge in [0.15, 0.2) is 0 Å². The fourth-order valence-corrected chi connectivity index (χ4v) is 5.86. The zero-order valence-electron chi connectivity index (χ0n) is 21.4. The van der Waals surface area contributed by atoms with E-state index in [-0.39, 0.29) is 26.2 Å². The summed E-state index contributed by atoms with van der Waals surface area (Å²) in [5.41, 5.74) is 2.88. The molecule has 0 bridgehead atoms. The van der Waals surface area contributed by atoms with Gasteiger partial charge in [-0.3, -0.25) is 0 Å². The molecule has 3 saturated carbocycles. The molecule has 2 aromatic carbocycles. The Morgan fingerprint density at radius 2 is 1.03 bits per heavy atom. The molecule has 0 aliphatic heterocycles. The maximum absolute atomic E-state index is 3.95. The predicted molar refractivity (Wildman–Crippen MR) is 154 cm³/mol. The van der Waals surface area contributed by atoms with Crippen molar-refractivity contribution in [2.45, 2.75) is 51.9 Å². The molecule has 0 aromatic heterocycles. The SMILES string of the molecule is CCCC[C-]=C1CCCCC1=[C-]P(c1ccccc1)c1ccccc1.[CH]1[CH][CH][CH][CH]1.[CH]1[CH][CH][CH][CH]1.[Zr+4]. The zero-order valence-corrected chi connectivity index (χ0v) is 24.8. The van der Waals surface area contributed by atoms with Crippen LogP contribution in [0.3, 0.4) is 0 Å². The van der Waals surface area contributed by atoms with Gasteiger partial charge in [-0.2, -0.15) is 0 Å². The summed E-state index contributed by atoms with van der Waals surface area (Å²) in [6.07, 6.45) is 32.2. The average molecular weight is 568 g/mol. The van der Waals surface area contributed by atoms with E-state index in [1.807, 2.05) is 64.2 Å². The number of benzene rings is 2. The van der Waals surface area contributed by atoms with Crippen LogP contribution < -0.4 is 10.6 Å². The van der Waals surface area contributed by atoms with Gasteiger partial charge in [0.2, 0.25) is 0 Å². The van der Waals surface area contributed by atoms with E-state index in [4.69, 9.17) is 0 Å². The van der Waals surface area contributed by atoms with Gasteiger partial charge in [-0.1, -0.05) is 93.3 Å². The largest absolute Gasteiger partial charge is 4.00 e. The summed E-state index contributed by atoms with van der Waals surface area (Å²) in [6.45, 7) is 2.25. The van der Waals surface area contributed by atoms with Crippen molar-refractivity contribution in [1.29, 1.82) is 0 Å². The van der Waals surface area contributed by atoms with Gasteiger partial charge in [0, 0.05) is 0 Å². The standard InChI is InChI=1S/C24H27P.2C5H5.Zr/c1-2-3-6-13-21-14-11-12-15-22(21)20-25(23-16-7-4-8-17-23)24-18-9-5-10-19-24;2*1-2-4-5-3-1;/h4-5,7-10,16-19H,2-3,6,11-12,14-15H2,1H3;2*1-5H;/q-2;;;+4. The maximum atomic E-state index is 3.95. The van der Waals surface area contributed by atoms with E-state index in [1.165, 1.54) is 53.9 Å². The normalized spacial score (nSPS) is 19.3. The Morgan fingerprint density at radius 1 is 0.611 bits per heavy atom. The summed E-state index contributed by atoms with van der Waals surface area (Å²) < 4.78 is 0. The third-order valence-electron chi connectivity index (χ3n) is 5.72. The molecule has 2 heteroatoms. The Labute approximate surface area is 243 Å². The summed E-state index contributed by atoms with van der Waals surface area (Å²) in [6, 6.07) is 21.8. The van der Waals surface area contributed by atoms with Crippen LogP contribution in [0.5, 0.6) is 0 Å². The Morgan fingerprint density at radius 3 is 1.44 bits per heavy atom. The molecule has 0 N–H and O–H groups in total. The summed E-state index contributed by atoms with van der Waals surface area (Å²) in [5, 5.41) is 2.77. The third kappa shape index (κ3) is 12.2. The fourth-order valence-electron chi connectivity index (χ4n) is 3.85. The number of allylic oxidation sites excluding steroid dienone is 3. The molecule has 2 aromatic rings. The second-order valence-corrected chi connectivity index (χ2v) is 10.4. The van der Waals surface area contributed by atoms with E-state index in [2.05, 4.69) is 79.5 Å². The monoisotopic (exact) mass is 566 g/mol. The van der Waals surface area contributed by atoms with Crippen LogP contribution in [0, 0.1) is 76.1 Å². The average Bonchev–Trinajstić information content (AvgIpc) is 3.69. The minimum Gasteiger partial charge on any atom is -0.373 e. The molecule has 3 fully saturated rings. The van der Waals surface area contributed by atoms with Crippen molar-refractivity contribution in [3.8, 4) is 0 Å². The molecule has 0 amide bonds. The van der Waals surface area contributed by atoms with Gasteiger partial charge in [-0.25, -0.2) is 0 Å². The third-order valence-corrected chi connectivity index (χ3v) is 7.85. The molecule has 180 valence electrons. The van der Waals surface area contributed by atoms with E-state index < -0.39 is 7.92 Å². The van der Waals surface area contributed by atoms with Crippen LogP contribution in [-0.4, -0.2) is 0 Å².